The summed E-state index contributed by atoms with van der Waals surface area (Å²) >= 11 is 0. The standard InChI is InChI=1S/C15H19NO/c1-12-5-7-13(8-6-12)14(9-11-17)15-4-3-10-16(15)2/h3-8,10,14,17H,9,11H2,1-2H3/t14-/m0/s1. The molecular weight excluding hydrogens is 210 g/mol. The minimum Gasteiger partial charge on any atom is -0.396 e. The minimum absolute atomic E-state index is 0.212. The van der Waals surface area contributed by atoms with E-state index in [4.69, 9.17) is 0 Å². The topological polar surface area (TPSA) is 25.2 Å². The Labute approximate surface area is 103 Å². The molecule has 0 fully saturated rings. The number of aromatic nitrogens is 1. The van der Waals surface area contributed by atoms with Crippen molar-refractivity contribution in [3.63, 3.8) is 0 Å². The lowest BCUT2D eigenvalue weighted by molar-refractivity contribution is 0.280. The van der Waals surface area contributed by atoms with Gasteiger partial charge in [-0.15, -0.1) is 0 Å². The van der Waals surface area contributed by atoms with Crippen LogP contribution in [0.4, 0.5) is 0 Å². The van der Waals surface area contributed by atoms with Crippen molar-refractivity contribution < 1.29 is 5.11 Å². The number of hydrogen-bond acceptors (Lipinski definition) is 1. The Kier molecular flexibility index (Phi) is 3.64. The predicted molar refractivity (Wildman–Crippen MR) is 70.1 cm³/mol. The largest absolute Gasteiger partial charge is 0.396 e. The second-order valence-corrected chi connectivity index (χ2v) is 4.52. The van der Waals surface area contributed by atoms with Crippen LogP contribution in [-0.4, -0.2) is 16.3 Å². The lowest BCUT2D eigenvalue weighted by Crippen LogP contribution is -2.08. The normalized spacial score (nSPS) is 12.6. The van der Waals surface area contributed by atoms with Crippen molar-refractivity contribution in [3.05, 3.63) is 59.4 Å². The molecule has 0 spiro atoms. The van der Waals surface area contributed by atoms with Crippen molar-refractivity contribution in [1.82, 2.24) is 4.57 Å². The first-order chi connectivity index (χ1) is 8.22. The number of benzene rings is 1. The number of aliphatic hydroxyl groups is 1. The molecule has 0 saturated heterocycles. The van der Waals surface area contributed by atoms with E-state index in [0.717, 1.165) is 6.42 Å². The molecule has 2 heteroatoms. The van der Waals surface area contributed by atoms with E-state index in [1.807, 2.05) is 19.3 Å². The van der Waals surface area contributed by atoms with Crippen LogP contribution in [0.5, 0.6) is 0 Å². The van der Waals surface area contributed by atoms with Gasteiger partial charge in [-0.25, -0.2) is 0 Å². The maximum absolute atomic E-state index is 9.23. The van der Waals surface area contributed by atoms with Gasteiger partial charge in [0.25, 0.3) is 0 Å². The third-order valence-electron chi connectivity index (χ3n) is 3.24. The molecule has 0 aliphatic carbocycles. The van der Waals surface area contributed by atoms with E-state index >= 15 is 0 Å². The molecule has 1 N–H and O–H groups in total. The molecule has 0 amide bonds. The summed E-state index contributed by atoms with van der Waals surface area (Å²) in [5, 5.41) is 9.23. The Morgan fingerprint density at radius 3 is 2.41 bits per heavy atom. The second-order valence-electron chi connectivity index (χ2n) is 4.52. The number of hydrogen-bond donors (Lipinski definition) is 1. The first-order valence-corrected chi connectivity index (χ1v) is 6.01. The third kappa shape index (κ3) is 2.59. The van der Waals surface area contributed by atoms with Gasteiger partial charge < -0.3 is 9.67 Å². The summed E-state index contributed by atoms with van der Waals surface area (Å²) in [5.74, 6) is 0.278. The summed E-state index contributed by atoms with van der Waals surface area (Å²) in [6.45, 7) is 2.30. The van der Waals surface area contributed by atoms with Gasteiger partial charge >= 0.3 is 0 Å². The summed E-state index contributed by atoms with van der Waals surface area (Å²) in [4.78, 5) is 0. The molecule has 2 aromatic rings. The highest BCUT2D eigenvalue weighted by atomic mass is 16.3. The smallest absolute Gasteiger partial charge is 0.0440 e. The van der Waals surface area contributed by atoms with Gasteiger partial charge in [-0.3, -0.25) is 0 Å². The molecule has 2 nitrogen and oxygen atoms in total. The number of aliphatic hydroxyl groups excluding tert-OH is 1. The Bertz CT molecular complexity index is 470. The molecule has 17 heavy (non-hydrogen) atoms. The van der Waals surface area contributed by atoms with E-state index in [2.05, 4.69) is 41.8 Å². The van der Waals surface area contributed by atoms with Crippen molar-refractivity contribution >= 4 is 0 Å². The first kappa shape index (κ1) is 11.9. The predicted octanol–water partition coefficient (Wildman–Crippen LogP) is 2.85. The highest BCUT2D eigenvalue weighted by Crippen LogP contribution is 2.27. The molecule has 0 bridgehead atoms. The van der Waals surface area contributed by atoms with E-state index in [0.29, 0.717) is 0 Å². The lowest BCUT2D eigenvalue weighted by atomic mass is 9.92. The minimum atomic E-state index is 0.212. The van der Waals surface area contributed by atoms with Gasteiger partial charge in [0.2, 0.25) is 0 Å². The van der Waals surface area contributed by atoms with Gasteiger partial charge in [0.05, 0.1) is 0 Å². The van der Waals surface area contributed by atoms with E-state index in [-0.39, 0.29) is 12.5 Å². The maximum Gasteiger partial charge on any atom is 0.0440 e. The van der Waals surface area contributed by atoms with Crippen molar-refractivity contribution in [1.29, 1.82) is 0 Å². The van der Waals surface area contributed by atoms with Gasteiger partial charge in [-0.05, 0) is 31.0 Å². The molecule has 0 aliphatic rings. The molecule has 90 valence electrons. The Morgan fingerprint density at radius 2 is 1.88 bits per heavy atom. The summed E-state index contributed by atoms with van der Waals surface area (Å²) in [5.41, 5.74) is 3.79. The van der Waals surface area contributed by atoms with Gasteiger partial charge in [0.15, 0.2) is 0 Å². The molecule has 1 aromatic heterocycles. The van der Waals surface area contributed by atoms with Crippen molar-refractivity contribution in [2.75, 3.05) is 6.61 Å². The van der Waals surface area contributed by atoms with Crippen LogP contribution in [0.15, 0.2) is 42.6 Å². The molecule has 0 radical (unpaired) electrons. The molecule has 1 atom stereocenters. The summed E-state index contributed by atoms with van der Waals surface area (Å²) in [6.07, 6.45) is 2.81. The molecular formula is C15H19NO. The van der Waals surface area contributed by atoms with Crippen LogP contribution in [0.1, 0.15) is 29.2 Å². The van der Waals surface area contributed by atoms with Crippen LogP contribution >= 0.6 is 0 Å². The van der Waals surface area contributed by atoms with Crippen LogP contribution < -0.4 is 0 Å². The monoisotopic (exact) mass is 229 g/mol. The molecule has 0 saturated carbocycles. The number of aryl methyl sites for hydroxylation is 2. The average Bonchev–Trinajstić information content (AvgIpc) is 2.74. The van der Waals surface area contributed by atoms with E-state index in [1.165, 1.54) is 16.8 Å². The molecule has 0 unspecified atom stereocenters. The maximum atomic E-state index is 9.23. The van der Waals surface area contributed by atoms with E-state index < -0.39 is 0 Å². The second kappa shape index (κ2) is 5.19. The van der Waals surface area contributed by atoms with Gasteiger partial charge in [-0.1, -0.05) is 29.8 Å². The zero-order chi connectivity index (χ0) is 12.3. The Balaban J connectivity index is 2.35. The van der Waals surface area contributed by atoms with Crippen LogP contribution in [-0.2, 0) is 7.05 Å². The molecule has 2 rings (SSSR count). The van der Waals surface area contributed by atoms with Gasteiger partial charge in [-0.2, -0.15) is 0 Å². The lowest BCUT2D eigenvalue weighted by Gasteiger charge is -2.18. The van der Waals surface area contributed by atoms with Crippen LogP contribution in [0.3, 0.4) is 0 Å². The Hall–Kier alpha value is -1.54. The van der Waals surface area contributed by atoms with Crippen molar-refractivity contribution in [3.8, 4) is 0 Å². The summed E-state index contributed by atoms with van der Waals surface area (Å²) < 4.78 is 2.13. The van der Waals surface area contributed by atoms with Crippen molar-refractivity contribution in [2.45, 2.75) is 19.3 Å². The summed E-state index contributed by atoms with van der Waals surface area (Å²) in [6, 6.07) is 12.7. The fraction of sp³-hybridized carbons (Fsp3) is 0.333. The van der Waals surface area contributed by atoms with E-state index in [1.54, 1.807) is 0 Å². The zero-order valence-electron chi connectivity index (χ0n) is 10.4. The SMILES string of the molecule is Cc1ccc([C@H](CCO)c2cccn2C)cc1. The molecule has 0 aliphatic heterocycles. The Morgan fingerprint density at radius 1 is 1.18 bits per heavy atom. The summed E-state index contributed by atoms with van der Waals surface area (Å²) in [7, 11) is 2.05. The van der Waals surface area contributed by atoms with E-state index in [9.17, 15) is 5.11 Å². The fourth-order valence-electron chi connectivity index (χ4n) is 2.25. The fourth-order valence-corrected chi connectivity index (χ4v) is 2.25. The molecule has 1 aromatic carbocycles. The quantitative estimate of drug-likeness (QED) is 0.857. The number of nitrogens with zero attached hydrogens (tertiary/aromatic N) is 1. The molecule has 1 heterocycles. The van der Waals surface area contributed by atoms with Crippen molar-refractivity contribution in [2.24, 2.45) is 7.05 Å². The van der Waals surface area contributed by atoms with Crippen LogP contribution in [0.25, 0.3) is 0 Å². The number of rotatable bonds is 4. The first-order valence-electron chi connectivity index (χ1n) is 6.01. The van der Waals surface area contributed by atoms with Gasteiger partial charge in [0, 0.05) is 31.5 Å². The average molecular weight is 229 g/mol. The zero-order valence-corrected chi connectivity index (χ0v) is 10.4. The highest BCUT2D eigenvalue weighted by Gasteiger charge is 2.15. The van der Waals surface area contributed by atoms with Crippen LogP contribution in [0.2, 0.25) is 0 Å². The highest BCUT2D eigenvalue weighted by molar-refractivity contribution is 5.31. The van der Waals surface area contributed by atoms with Gasteiger partial charge in [0.1, 0.15) is 0 Å². The van der Waals surface area contributed by atoms with Crippen LogP contribution in [0, 0.1) is 6.92 Å². The third-order valence-corrected chi connectivity index (χ3v) is 3.24.